The smallest absolute Gasteiger partial charge is 0.408 e. The van der Waals surface area contributed by atoms with Crippen LogP contribution in [0.3, 0.4) is 0 Å². The molecule has 0 aliphatic carbocycles. The first-order chi connectivity index (χ1) is 22.2. The van der Waals surface area contributed by atoms with E-state index in [4.69, 9.17) is 13.9 Å². The molecule has 0 radical (unpaired) electrons. The van der Waals surface area contributed by atoms with Gasteiger partial charge < -0.3 is 19.2 Å². The highest BCUT2D eigenvalue weighted by Crippen LogP contribution is 2.54. The zero-order valence-electron chi connectivity index (χ0n) is 27.7. The fourth-order valence-electron chi connectivity index (χ4n) is 7.21. The third-order valence-electron chi connectivity index (χ3n) is 9.33. The molecule has 47 heavy (non-hydrogen) atoms. The second kappa shape index (κ2) is 12.9. The predicted molar refractivity (Wildman–Crippen MR) is 180 cm³/mol. The van der Waals surface area contributed by atoms with Crippen LogP contribution < -0.4 is 9.62 Å². The van der Waals surface area contributed by atoms with Gasteiger partial charge in [0.25, 0.3) is 15.9 Å². The Morgan fingerprint density at radius 3 is 2.06 bits per heavy atom. The van der Waals surface area contributed by atoms with Gasteiger partial charge in [-0.3, -0.25) is 4.79 Å². The molecule has 2 aliphatic heterocycles. The molecule has 1 unspecified atom stereocenters. The third-order valence-corrected chi connectivity index (χ3v) is 17.1. The van der Waals surface area contributed by atoms with E-state index in [1.807, 2.05) is 66.7 Å². The molecule has 0 bridgehead atoms. The summed E-state index contributed by atoms with van der Waals surface area (Å²) in [4.78, 5) is 41.8. The second-order valence-electron chi connectivity index (χ2n) is 13.1. The van der Waals surface area contributed by atoms with Gasteiger partial charge in [0.15, 0.2) is 6.04 Å². The molecule has 0 saturated carbocycles. The first kappa shape index (κ1) is 34.3. The van der Waals surface area contributed by atoms with Crippen LogP contribution in [0.5, 0.6) is 0 Å². The Balaban J connectivity index is 1.64. The average molecular weight is 679 g/mol. The molecule has 12 heteroatoms. The molecular formula is C35H42N2O8SSi. The summed E-state index contributed by atoms with van der Waals surface area (Å²) in [7, 11) is -7.37. The Labute approximate surface area is 277 Å². The standard InChI is InChI=1S/C35H42N2O8SSi/c1-22(2)47(23(3)4,24(5)6)45-31-30(36-34(40)43-21-26-13-9-8-10-14-26)32(38)44-35(31)28-15-11-12-16-29(28)37(33(35)39)46(41,42)27-19-17-25(7)18-20-27/h8-20,22-24,30-31H,21H2,1-7H3,(H,36,40)/t30-,31-,35?/m0/s1. The summed E-state index contributed by atoms with van der Waals surface area (Å²) in [6.45, 7) is 14.1. The maximum atomic E-state index is 14.8. The SMILES string of the molecule is Cc1ccc(S(=O)(=O)N2C(=O)C3(OC(=O)[C@@H](NC(=O)OCc4ccccc4)[C@@H]3O[Si](C(C)C)(C(C)C)C(C)C)c3ccccc32)cc1. The van der Waals surface area contributed by atoms with Crippen LogP contribution in [-0.4, -0.2) is 46.9 Å². The number of aryl methyl sites for hydroxylation is 1. The van der Waals surface area contributed by atoms with E-state index in [1.54, 1.807) is 42.5 Å². The van der Waals surface area contributed by atoms with Crippen molar-refractivity contribution in [2.45, 2.75) is 94.3 Å². The van der Waals surface area contributed by atoms with Crippen molar-refractivity contribution in [2.24, 2.45) is 0 Å². The first-order valence-electron chi connectivity index (χ1n) is 15.8. The summed E-state index contributed by atoms with van der Waals surface area (Å²) in [5.41, 5.74) is -0.349. The Morgan fingerprint density at radius 1 is 0.894 bits per heavy atom. The lowest BCUT2D eigenvalue weighted by molar-refractivity contribution is -0.161. The van der Waals surface area contributed by atoms with Gasteiger partial charge in [-0.15, -0.1) is 0 Å². The molecule has 250 valence electrons. The second-order valence-corrected chi connectivity index (χ2v) is 20.3. The molecule has 3 aromatic carbocycles. The van der Waals surface area contributed by atoms with Gasteiger partial charge in [-0.05, 0) is 47.3 Å². The molecule has 1 saturated heterocycles. The number of anilines is 1. The van der Waals surface area contributed by atoms with E-state index >= 15 is 0 Å². The number of para-hydroxylation sites is 1. The topological polar surface area (TPSA) is 128 Å². The van der Waals surface area contributed by atoms with Crippen LogP contribution in [0.1, 0.15) is 58.2 Å². The van der Waals surface area contributed by atoms with Crippen molar-refractivity contribution in [3.05, 3.63) is 95.6 Å². The monoisotopic (exact) mass is 678 g/mol. The van der Waals surface area contributed by atoms with Gasteiger partial charge in [-0.25, -0.2) is 18.0 Å². The number of rotatable bonds is 10. The number of nitrogens with one attached hydrogen (secondary N) is 1. The molecule has 2 amide bonds. The van der Waals surface area contributed by atoms with Crippen LogP contribution in [0.25, 0.3) is 0 Å². The van der Waals surface area contributed by atoms with Gasteiger partial charge in [0, 0.05) is 5.56 Å². The number of hydrogen-bond acceptors (Lipinski definition) is 8. The van der Waals surface area contributed by atoms with Crippen molar-refractivity contribution in [1.82, 2.24) is 5.32 Å². The highest BCUT2D eigenvalue weighted by atomic mass is 32.2. The van der Waals surface area contributed by atoms with Crippen molar-refractivity contribution >= 4 is 42.0 Å². The van der Waals surface area contributed by atoms with Crippen molar-refractivity contribution in [2.75, 3.05) is 4.31 Å². The lowest BCUT2D eigenvalue weighted by Crippen LogP contribution is -2.61. The minimum Gasteiger partial charge on any atom is -0.445 e. The van der Waals surface area contributed by atoms with Crippen LogP contribution >= 0.6 is 0 Å². The number of fused-ring (bicyclic) bond motifs is 2. The fourth-order valence-corrected chi connectivity index (χ4v) is 14.2. The van der Waals surface area contributed by atoms with Crippen LogP contribution in [-0.2, 0) is 45.7 Å². The van der Waals surface area contributed by atoms with Crippen molar-refractivity contribution in [1.29, 1.82) is 0 Å². The van der Waals surface area contributed by atoms with Gasteiger partial charge >= 0.3 is 12.1 Å². The number of carbonyl (C=O) groups is 3. The number of amides is 2. The highest BCUT2D eigenvalue weighted by Gasteiger charge is 2.71. The Kier molecular flexibility index (Phi) is 9.42. The van der Waals surface area contributed by atoms with Crippen molar-refractivity contribution in [3.63, 3.8) is 0 Å². The molecule has 3 aromatic rings. The molecule has 1 fully saturated rings. The maximum absolute atomic E-state index is 14.8. The van der Waals surface area contributed by atoms with Gasteiger partial charge in [0.05, 0.1) is 10.6 Å². The molecule has 10 nitrogen and oxygen atoms in total. The van der Waals surface area contributed by atoms with E-state index in [-0.39, 0.29) is 39.4 Å². The number of alkyl carbamates (subject to hydrolysis) is 1. The van der Waals surface area contributed by atoms with Gasteiger partial charge in [-0.2, -0.15) is 4.31 Å². The molecule has 0 aromatic heterocycles. The number of benzene rings is 3. The first-order valence-corrected chi connectivity index (χ1v) is 19.4. The van der Waals surface area contributed by atoms with Gasteiger partial charge in [-0.1, -0.05) is 108 Å². The number of hydrogen-bond donors (Lipinski definition) is 1. The van der Waals surface area contributed by atoms with Gasteiger partial charge in [0.2, 0.25) is 13.9 Å². The predicted octanol–water partition coefficient (Wildman–Crippen LogP) is 6.34. The summed E-state index contributed by atoms with van der Waals surface area (Å²) >= 11 is 0. The normalized spacial score (nSPS) is 21.1. The van der Waals surface area contributed by atoms with Crippen LogP contribution in [0.4, 0.5) is 10.5 Å². The van der Waals surface area contributed by atoms with Gasteiger partial charge in [0.1, 0.15) is 12.7 Å². The Hall–Kier alpha value is -4.00. The van der Waals surface area contributed by atoms with Crippen LogP contribution in [0.2, 0.25) is 16.6 Å². The number of ether oxygens (including phenoxy) is 2. The summed E-state index contributed by atoms with van der Waals surface area (Å²) in [6.07, 6.45) is -2.31. The number of nitrogens with zero attached hydrogens (tertiary/aromatic N) is 1. The molecule has 1 spiro atoms. The minimum absolute atomic E-state index is 0.0140. The minimum atomic E-state index is -4.46. The Morgan fingerprint density at radius 2 is 1.47 bits per heavy atom. The molecule has 2 heterocycles. The van der Waals surface area contributed by atoms with E-state index in [9.17, 15) is 22.8 Å². The third kappa shape index (κ3) is 5.76. The average Bonchev–Trinajstić information content (AvgIpc) is 3.44. The summed E-state index contributed by atoms with van der Waals surface area (Å²) in [5, 5.41) is 2.62. The van der Waals surface area contributed by atoms with E-state index in [0.29, 0.717) is 4.31 Å². The lowest BCUT2D eigenvalue weighted by Gasteiger charge is -2.46. The summed E-state index contributed by atoms with van der Waals surface area (Å²) in [6, 6.07) is 20.1. The molecule has 5 rings (SSSR count). The fraction of sp³-hybridized carbons (Fsp3) is 0.400. The lowest BCUT2D eigenvalue weighted by atomic mass is 9.88. The van der Waals surface area contributed by atoms with Crippen molar-refractivity contribution < 1.29 is 36.7 Å². The highest BCUT2D eigenvalue weighted by molar-refractivity contribution is 7.93. The number of esters is 1. The van der Waals surface area contributed by atoms with E-state index in [1.165, 1.54) is 18.2 Å². The number of carbonyl (C=O) groups excluding carboxylic acids is 3. The number of sulfonamides is 1. The zero-order valence-corrected chi connectivity index (χ0v) is 29.5. The molecule has 2 aliphatic rings. The van der Waals surface area contributed by atoms with E-state index < -0.39 is 54.1 Å². The summed E-state index contributed by atoms with van der Waals surface area (Å²) < 4.78 is 47.7. The quantitative estimate of drug-likeness (QED) is 0.194. The maximum Gasteiger partial charge on any atom is 0.408 e. The Bertz CT molecular complexity index is 1740. The zero-order chi connectivity index (χ0) is 34.3. The molecule has 1 N–H and O–H groups in total. The van der Waals surface area contributed by atoms with Crippen LogP contribution in [0.15, 0.2) is 83.8 Å². The summed E-state index contributed by atoms with van der Waals surface area (Å²) in [5.74, 6) is -1.91. The largest absolute Gasteiger partial charge is 0.445 e. The van der Waals surface area contributed by atoms with E-state index in [0.717, 1.165) is 11.1 Å². The molecular weight excluding hydrogens is 637 g/mol. The molecule has 3 atom stereocenters. The van der Waals surface area contributed by atoms with Crippen molar-refractivity contribution in [3.8, 4) is 0 Å². The van der Waals surface area contributed by atoms with E-state index in [2.05, 4.69) is 5.32 Å². The van der Waals surface area contributed by atoms with Crippen LogP contribution in [0, 0.1) is 6.92 Å².